The Hall–Kier alpha value is -2.71. The van der Waals surface area contributed by atoms with Crippen molar-refractivity contribution in [3.8, 4) is 0 Å². The van der Waals surface area contributed by atoms with E-state index >= 15 is 0 Å². The highest BCUT2D eigenvalue weighted by molar-refractivity contribution is 7.14. The summed E-state index contributed by atoms with van der Waals surface area (Å²) in [6.45, 7) is 0.506. The summed E-state index contributed by atoms with van der Waals surface area (Å²) >= 11 is 2.76. The van der Waals surface area contributed by atoms with Crippen molar-refractivity contribution in [1.29, 1.82) is 0 Å². The minimum Gasteiger partial charge on any atom is -0.461 e. The molecule has 128 valence electrons. The van der Waals surface area contributed by atoms with Crippen LogP contribution in [0.3, 0.4) is 0 Å². The Bertz CT molecular complexity index is 867. The maximum Gasteiger partial charge on any atom is 0.309 e. The van der Waals surface area contributed by atoms with Crippen LogP contribution in [0.2, 0.25) is 0 Å². The van der Waals surface area contributed by atoms with Crippen molar-refractivity contribution in [2.45, 2.75) is 13.1 Å². The third-order valence-electron chi connectivity index (χ3n) is 3.26. The molecule has 0 unspecified atom stereocenters. The monoisotopic (exact) mass is 374 g/mol. The lowest BCUT2D eigenvalue weighted by molar-refractivity contribution is -0.139. The second-order valence-corrected chi connectivity index (χ2v) is 7.22. The molecule has 0 spiro atoms. The topological polar surface area (TPSA) is 88.4 Å². The van der Waals surface area contributed by atoms with E-state index in [1.54, 1.807) is 24.3 Å². The first-order valence-electron chi connectivity index (χ1n) is 7.39. The van der Waals surface area contributed by atoms with Crippen molar-refractivity contribution in [3.63, 3.8) is 0 Å². The highest BCUT2D eigenvalue weighted by Crippen LogP contribution is 2.20. The molecule has 0 atom stereocenters. The number of carbonyl (C=O) groups excluding carboxylic acids is 3. The van der Waals surface area contributed by atoms with E-state index in [1.807, 2.05) is 17.5 Å². The van der Waals surface area contributed by atoms with Crippen molar-refractivity contribution in [2.24, 2.45) is 0 Å². The Balaban J connectivity index is 1.49. The zero-order chi connectivity index (χ0) is 17.6. The molecule has 0 aliphatic heterocycles. The fourth-order valence-electron chi connectivity index (χ4n) is 2.03. The van der Waals surface area contributed by atoms with Crippen molar-refractivity contribution in [1.82, 2.24) is 10.6 Å². The van der Waals surface area contributed by atoms with E-state index in [-0.39, 0.29) is 18.1 Å². The predicted octanol–water partition coefficient (Wildman–Crippen LogP) is 2.57. The van der Waals surface area contributed by atoms with Crippen molar-refractivity contribution in [3.05, 3.63) is 68.4 Å². The number of amides is 2. The summed E-state index contributed by atoms with van der Waals surface area (Å²) in [4.78, 5) is 37.9. The molecule has 6 nitrogen and oxygen atoms in total. The van der Waals surface area contributed by atoms with E-state index < -0.39 is 11.8 Å². The van der Waals surface area contributed by atoms with Gasteiger partial charge in [-0.05, 0) is 35.7 Å². The van der Waals surface area contributed by atoms with Crippen molar-refractivity contribution in [2.75, 3.05) is 0 Å². The second-order valence-electron chi connectivity index (χ2n) is 5.02. The van der Waals surface area contributed by atoms with Gasteiger partial charge in [-0.15, -0.1) is 22.7 Å². The van der Waals surface area contributed by atoms with E-state index in [9.17, 15) is 14.4 Å². The Labute approximate surface area is 151 Å². The van der Waals surface area contributed by atoms with E-state index in [0.717, 1.165) is 9.75 Å². The van der Waals surface area contributed by atoms with Gasteiger partial charge < -0.3 is 15.1 Å². The van der Waals surface area contributed by atoms with Crippen LogP contribution in [0.4, 0.5) is 0 Å². The van der Waals surface area contributed by atoms with E-state index in [0.29, 0.717) is 11.4 Å². The lowest BCUT2D eigenvalue weighted by Crippen LogP contribution is -2.39. The Morgan fingerprint density at radius 3 is 2.32 bits per heavy atom. The summed E-state index contributed by atoms with van der Waals surface area (Å²) in [5.74, 6) is -1.33. The molecule has 3 aromatic heterocycles. The van der Waals surface area contributed by atoms with Crippen LogP contribution in [-0.2, 0) is 22.7 Å². The van der Waals surface area contributed by atoms with Crippen LogP contribution in [0.5, 0.6) is 0 Å². The summed E-state index contributed by atoms with van der Waals surface area (Å²) in [7, 11) is 0. The lowest BCUT2D eigenvalue weighted by atomic mass is 10.2. The molecule has 0 radical (unpaired) electrons. The summed E-state index contributed by atoms with van der Waals surface area (Å²) in [6, 6.07) is 10.4. The van der Waals surface area contributed by atoms with Gasteiger partial charge >= 0.3 is 11.8 Å². The first-order valence-corrected chi connectivity index (χ1v) is 9.08. The third kappa shape index (κ3) is 4.43. The highest BCUT2D eigenvalue weighted by Gasteiger charge is 2.16. The molecule has 0 aliphatic carbocycles. The number of nitrogens with one attached hydrogen (secondary N) is 2. The van der Waals surface area contributed by atoms with Gasteiger partial charge in [-0.2, -0.15) is 0 Å². The largest absolute Gasteiger partial charge is 0.461 e. The average Bonchev–Trinajstić information content (AvgIpc) is 3.39. The van der Waals surface area contributed by atoms with Gasteiger partial charge in [0.2, 0.25) is 5.78 Å². The second kappa shape index (κ2) is 7.91. The van der Waals surface area contributed by atoms with E-state index in [2.05, 4.69) is 10.6 Å². The van der Waals surface area contributed by atoms with Crippen molar-refractivity contribution < 1.29 is 18.8 Å². The molecule has 0 fully saturated rings. The number of rotatable bonds is 6. The highest BCUT2D eigenvalue weighted by atomic mass is 32.1. The smallest absolute Gasteiger partial charge is 0.309 e. The minimum atomic E-state index is -0.705. The zero-order valence-electron chi connectivity index (χ0n) is 13.0. The normalized spacial score (nSPS) is 10.4. The quantitative estimate of drug-likeness (QED) is 0.513. The zero-order valence-corrected chi connectivity index (χ0v) is 14.6. The average molecular weight is 374 g/mol. The third-order valence-corrected chi connectivity index (χ3v) is 5.22. The molecule has 25 heavy (non-hydrogen) atoms. The molecule has 0 saturated carbocycles. The van der Waals surface area contributed by atoms with Crippen LogP contribution in [0.1, 0.15) is 25.2 Å². The number of furan rings is 1. The van der Waals surface area contributed by atoms with E-state index in [1.165, 1.54) is 28.9 Å². The Kier molecular flexibility index (Phi) is 5.42. The van der Waals surface area contributed by atoms with Gasteiger partial charge in [-0.25, -0.2) is 0 Å². The van der Waals surface area contributed by atoms with Crippen molar-refractivity contribution >= 4 is 40.3 Å². The summed E-state index contributed by atoms with van der Waals surface area (Å²) in [6.07, 6.45) is 1.44. The first-order chi connectivity index (χ1) is 12.1. The minimum absolute atomic E-state index is 0.182. The molecular weight excluding hydrogens is 360 g/mol. The van der Waals surface area contributed by atoms with Gasteiger partial charge in [0, 0.05) is 9.75 Å². The molecule has 2 N–H and O–H groups in total. The lowest BCUT2D eigenvalue weighted by Gasteiger charge is -2.04. The molecule has 0 aliphatic rings. The van der Waals surface area contributed by atoms with Gasteiger partial charge in [0.15, 0.2) is 5.76 Å². The van der Waals surface area contributed by atoms with Gasteiger partial charge in [0.05, 0.1) is 24.2 Å². The van der Waals surface area contributed by atoms with Gasteiger partial charge in [-0.3, -0.25) is 14.4 Å². The molecule has 3 aromatic rings. The Morgan fingerprint density at radius 2 is 1.68 bits per heavy atom. The summed E-state index contributed by atoms with van der Waals surface area (Å²) < 4.78 is 5.08. The molecule has 0 bridgehead atoms. The predicted molar refractivity (Wildman–Crippen MR) is 94.5 cm³/mol. The van der Waals surface area contributed by atoms with Crippen LogP contribution in [0.15, 0.2) is 52.5 Å². The van der Waals surface area contributed by atoms with Gasteiger partial charge in [-0.1, -0.05) is 6.07 Å². The van der Waals surface area contributed by atoms with Crippen LogP contribution in [-0.4, -0.2) is 17.6 Å². The summed E-state index contributed by atoms with van der Waals surface area (Å²) in [5.41, 5.74) is 0. The van der Waals surface area contributed by atoms with E-state index in [4.69, 9.17) is 4.42 Å². The van der Waals surface area contributed by atoms with Gasteiger partial charge in [0.25, 0.3) is 0 Å². The Morgan fingerprint density at radius 1 is 0.920 bits per heavy atom. The number of ketones is 1. The molecular formula is C17H14N2O4S2. The molecule has 2 amide bonds. The molecule has 0 aromatic carbocycles. The van der Waals surface area contributed by atoms with Crippen LogP contribution in [0, 0.1) is 0 Å². The number of hydrogen-bond acceptors (Lipinski definition) is 6. The number of hydrogen-bond donors (Lipinski definition) is 2. The maximum atomic E-state index is 12.1. The molecule has 3 rings (SSSR count). The fraction of sp³-hybridized carbons (Fsp3) is 0.118. The van der Waals surface area contributed by atoms with Crippen LogP contribution in [0.25, 0.3) is 0 Å². The number of carbonyl (C=O) groups is 3. The van der Waals surface area contributed by atoms with Crippen LogP contribution < -0.4 is 10.6 Å². The summed E-state index contributed by atoms with van der Waals surface area (Å²) in [5, 5.41) is 7.01. The van der Waals surface area contributed by atoms with Crippen LogP contribution >= 0.6 is 22.7 Å². The molecule has 8 heteroatoms. The van der Waals surface area contributed by atoms with Gasteiger partial charge in [0.1, 0.15) is 0 Å². The standard InChI is InChI=1S/C17H14N2O4S2/c20-15(13-4-1-7-23-13)14-6-5-12(25-14)10-19-17(22)16(21)18-9-11-3-2-8-24-11/h1-8H,9-10H2,(H,18,21)(H,19,22). The SMILES string of the molecule is O=C(NCc1cccs1)C(=O)NCc1ccc(C(=O)c2ccco2)s1. The maximum absolute atomic E-state index is 12.1. The molecule has 0 saturated heterocycles. The number of thiophene rings is 2. The first kappa shape index (κ1) is 17.1. The fourth-order valence-corrected chi connectivity index (χ4v) is 3.57. The molecule has 3 heterocycles.